The van der Waals surface area contributed by atoms with Crippen molar-refractivity contribution >= 4 is 11.9 Å². The third-order valence-corrected chi connectivity index (χ3v) is 7.11. The van der Waals surface area contributed by atoms with Gasteiger partial charge in [0.05, 0.1) is 0 Å². The summed E-state index contributed by atoms with van der Waals surface area (Å²) in [6.45, 7) is 13.0. The van der Waals surface area contributed by atoms with E-state index in [9.17, 15) is 9.59 Å². The molecule has 0 heterocycles. The highest BCUT2D eigenvalue weighted by Crippen LogP contribution is 2.39. The van der Waals surface area contributed by atoms with E-state index in [1.165, 1.54) is 12.2 Å². The Morgan fingerprint density at radius 3 is 1.25 bits per heavy atom. The van der Waals surface area contributed by atoms with Crippen LogP contribution in [0.5, 0.6) is 0 Å². The molecule has 0 aromatic carbocycles. The van der Waals surface area contributed by atoms with Crippen LogP contribution >= 0.6 is 0 Å². The van der Waals surface area contributed by atoms with Crippen molar-refractivity contribution in [2.24, 2.45) is 23.7 Å². The second kappa shape index (κ2) is 9.45. The van der Waals surface area contributed by atoms with Crippen molar-refractivity contribution in [3.8, 4) is 0 Å². The maximum absolute atomic E-state index is 12.2. The zero-order chi connectivity index (χ0) is 20.9. The molecule has 2 aliphatic rings. The zero-order valence-electron chi connectivity index (χ0n) is 18.8. The van der Waals surface area contributed by atoms with Crippen LogP contribution < -0.4 is 0 Å². The van der Waals surface area contributed by atoms with E-state index < -0.39 is 23.1 Å². The Labute approximate surface area is 171 Å². The van der Waals surface area contributed by atoms with Crippen LogP contribution in [0.1, 0.15) is 92.9 Å². The number of hydrogen-bond donors (Lipinski definition) is 0. The molecule has 2 rings (SSSR count). The van der Waals surface area contributed by atoms with Gasteiger partial charge >= 0.3 is 11.9 Å². The summed E-state index contributed by atoms with van der Waals surface area (Å²) in [5.74, 6) is 1.87. The maximum atomic E-state index is 12.2. The van der Waals surface area contributed by atoms with E-state index >= 15 is 0 Å². The van der Waals surface area contributed by atoms with Crippen LogP contribution in [0.4, 0.5) is 0 Å². The minimum absolute atomic E-state index is 0.419. The molecule has 0 bridgehead atoms. The lowest BCUT2D eigenvalue weighted by Crippen LogP contribution is -2.37. The number of rotatable bonds is 6. The monoisotopic (exact) mass is 392 g/mol. The zero-order valence-corrected chi connectivity index (χ0v) is 18.8. The van der Waals surface area contributed by atoms with Gasteiger partial charge in [0, 0.05) is 12.2 Å². The van der Waals surface area contributed by atoms with Gasteiger partial charge in [-0.15, -0.1) is 0 Å². The number of carbonyl (C=O) groups is 2. The van der Waals surface area contributed by atoms with Gasteiger partial charge in [-0.2, -0.15) is 0 Å². The summed E-state index contributed by atoms with van der Waals surface area (Å²) >= 11 is 0. The fourth-order valence-electron chi connectivity index (χ4n) is 4.73. The normalized spacial score (nSPS) is 34.0. The first-order valence-corrected chi connectivity index (χ1v) is 11.2. The van der Waals surface area contributed by atoms with Gasteiger partial charge in [-0.05, 0) is 88.9 Å². The number of esters is 2. The van der Waals surface area contributed by atoms with Crippen LogP contribution in [-0.2, 0) is 19.1 Å². The van der Waals surface area contributed by atoms with Gasteiger partial charge in [0.2, 0.25) is 0 Å². The molecule has 4 heteroatoms. The Kier molecular flexibility index (Phi) is 7.75. The van der Waals surface area contributed by atoms with Gasteiger partial charge in [0.15, 0.2) is 0 Å². The van der Waals surface area contributed by atoms with E-state index in [2.05, 4.69) is 27.7 Å². The van der Waals surface area contributed by atoms with Crippen molar-refractivity contribution in [3.63, 3.8) is 0 Å². The van der Waals surface area contributed by atoms with E-state index in [0.717, 1.165) is 51.4 Å². The van der Waals surface area contributed by atoms with Crippen molar-refractivity contribution < 1.29 is 19.1 Å². The third kappa shape index (κ3) is 6.63. The summed E-state index contributed by atoms with van der Waals surface area (Å²) in [7, 11) is 0. The molecule has 0 aromatic rings. The molecular formula is C24H40O4. The standard InChI is InChI=1S/C24H40O4/c1-17(2)19-9-13-23(5,14-10-19)27-21(25)7-8-22(26)28-24(6)15-11-20(12-16-24)18(3)4/h7-8,17-20H,9-16H2,1-6H3/b8-7+. The minimum atomic E-state index is -0.448. The predicted molar refractivity (Wildman–Crippen MR) is 112 cm³/mol. The number of carbonyl (C=O) groups excluding carboxylic acids is 2. The Hall–Kier alpha value is -1.32. The van der Waals surface area contributed by atoms with Crippen molar-refractivity contribution in [2.45, 2.75) is 104 Å². The van der Waals surface area contributed by atoms with Crippen LogP contribution in [0.3, 0.4) is 0 Å². The second-order valence-corrected chi connectivity index (χ2v) is 10.2. The summed E-state index contributed by atoms with van der Waals surface area (Å²) < 4.78 is 11.4. The summed E-state index contributed by atoms with van der Waals surface area (Å²) in [5.41, 5.74) is -0.837. The molecule has 0 aromatic heterocycles. The highest BCUT2D eigenvalue weighted by molar-refractivity contribution is 5.92. The van der Waals surface area contributed by atoms with Crippen LogP contribution in [-0.4, -0.2) is 23.1 Å². The predicted octanol–water partition coefficient (Wildman–Crippen LogP) is 5.84. The molecule has 4 nitrogen and oxygen atoms in total. The largest absolute Gasteiger partial charge is 0.456 e. The molecule has 2 saturated carbocycles. The Balaban J connectivity index is 1.78. The lowest BCUT2D eigenvalue weighted by Gasteiger charge is -2.38. The Morgan fingerprint density at radius 2 is 1.00 bits per heavy atom. The Morgan fingerprint density at radius 1 is 0.714 bits per heavy atom. The molecular weight excluding hydrogens is 352 g/mol. The molecule has 0 N–H and O–H groups in total. The summed E-state index contributed by atoms with van der Waals surface area (Å²) in [5, 5.41) is 0. The summed E-state index contributed by atoms with van der Waals surface area (Å²) in [4.78, 5) is 24.4. The fraction of sp³-hybridized carbons (Fsp3) is 0.833. The molecule has 0 spiro atoms. The van der Waals surface area contributed by atoms with Gasteiger partial charge < -0.3 is 9.47 Å². The molecule has 2 aliphatic carbocycles. The topological polar surface area (TPSA) is 52.6 Å². The highest BCUT2D eigenvalue weighted by atomic mass is 16.6. The van der Waals surface area contributed by atoms with Crippen LogP contribution in [0, 0.1) is 23.7 Å². The molecule has 0 saturated heterocycles. The van der Waals surface area contributed by atoms with Crippen molar-refractivity contribution in [1.29, 1.82) is 0 Å². The van der Waals surface area contributed by atoms with E-state index in [4.69, 9.17) is 9.47 Å². The molecule has 0 radical (unpaired) electrons. The molecule has 0 amide bonds. The van der Waals surface area contributed by atoms with Crippen molar-refractivity contribution in [3.05, 3.63) is 12.2 Å². The Bertz CT molecular complexity index is 509. The van der Waals surface area contributed by atoms with Crippen LogP contribution in [0.2, 0.25) is 0 Å². The second-order valence-electron chi connectivity index (χ2n) is 10.2. The van der Waals surface area contributed by atoms with E-state index in [-0.39, 0.29) is 0 Å². The van der Waals surface area contributed by atoms with Crippen LogP contribution in [0.25, 0.3) is 0 Å². The highest BCUT2D eigenvalue weighted by Gasteiger charge is 2.36. The quantitative estimate of drug-likeness (QED) is 0.421. The first-order valence-electron chi connectivity index (χ1n) is 11.2. The average molecular weight is 393 g/mol. The van der Waals surface area contributed by atoms with Gasteiger partial charge in [0.25, 0.3) is 0 Å². The molecule has 0 aliphatic heterocycles. The maximum Gasteiger partial charge on any atom is 0.331 e. The molecule has 160 valence electrons. The molecule has 28 heavy (non-hydrogen) atoms. The first-order chi connectivity index (χ1) is 13.0. The molecule has 0 unspecified atom stereocenters. The van der Waals surface area contributed by atoms with E-state index in [0.29, 0.717) is 23.7 Å². The summed E-state index contributed by atoms with van der Waals surface area (Å²) in [6.07, 6.45) is 10.3. The van der Waals surface area contributed by atoms with Gasteiger partial charge in [-0.1, -0.05) is 27.7 Å². The molecule has 0 atom stereocenters. The fourth-order valence-corrected chi connectivity index (χ4v) is 4.73. The van der Waals surface area contributed by atoms with Gasteiger partial charge in [-0.25, -0.2) is 9.59 Å². The average Bonchev–Trinajstić information content (AvgIpc) is 2.60. The van der Waals surface area contributed by atoms with E-state index in [1.54, 1.807) is 0 Å². The third-order valence-electron chi connectivity index (χ3n) is 7.11. The van der Waals surface area contributed by atoms with E-state index in [1.807, 2.05) is 13.8 Å². The lowest BCUT2D eigenvalue weighted by atomic mass is 9.75. The number of ether oxygens (including phenoxy) is 2. The first kappa shape index (κ1) is 23.0. The minimum Gasteiger partial charge on any atom is -0.456 e. The van der Waals surface area contributed by atoms with Crippen molar-refractivity contribution in [2.75, 3.05) is 0 Å². The van der Waals surface area contributed by atoms with Crippen molar-refractivity contribution in [1.82, 2.24) is 0 Å². The van der Waals surface area contributed by atoms with Crippen LogP contribution in [0.15, 0.2) is 12.2 Å². The molecule has 2 fully saturated rings. The lowest BCUT2D eigenvalue weighted by molar-refractivity contribution is -0.159. The number of hydrogen-bond acceptors (Lipinski definition) is 4. The SMILES string of the molecule is CC(C)C1CCC(C)(OC(=O)/C=C/C(=O)OC2(C)CCC(C(C)C)CC2)CC1. The van der Waals surface area contributed by atoms with Gasteiger partial charge in [-0.3, -0.25) is 0 Å². The summed E-state index contributed by atoms with van der Waals surface area (Å²) in [6, 6.07) is 0. The van der Waals surface area contributed by atoms with Gasteiger partial charge in [0.1, 0.15) is 11.2 Å². The smallest absolute Gasteiger partial charge is 0.331 e.